The van der Waals surface area contributed by atoms with Gasteiger partial charge in [-0.1, -0.05) is 29.8 Å². The molecular weight excluding hydrogens is 546 g/mol. The zero-order valence-electron chi connectivity index (χ0n) is 22.9. The molecule has 1 saturated carbocycles. The summed E-state index contributed by atoms with van der Waals surface area (Å²) in [5, 5.41) is 0.0417. The lowest BCUT2D eigenvalue weighted by atomic mass is 9.68. The number of carbonyl (C=O) groups is 1. The van der Waals surface area contributed by atoms with E-state index in [4.69, 9.17) is 22.1 Å². The number of nitrogens with two attached hydrogens (primary N) is 1. The number of nitrogens with zero attached hydrogens (tertiary/aromatic N) is 1. The van der Waals surface area contributed by atoms with Gasteiger partial charge in [-0.05, 0) is 105 Å². The molecule has 2 bridgehead atoms. The standard InChI is InChI=1S/C31H38ClN3O4S/c1-20-5-2-3-7-27(33)25-11-8-23(25)17-35-18-31(14-4-6-21-15-24(32)10-12-26(21)31)19-39-29-13-9-22(16-28(29)35)30(36)34-40(20,37)38/h3,7,9-10,12-13,15-16,20,23,25,27H,2,4-6,8,11,14,17-19,33H2,1H3,(H,34,36)/b7-3-/t20-,23+,25-,27+,31+/m1/s1. The third kappa shape index (κ3) is 5.14. The number of halogens is 1. The van der Waals surface area contributed by atoms with Gasteiger partial charge in [-0.2, -0.15) is 0 Å². The summed E-state index contributed by atoms with van der Waals surface area (Å²) >= 11 is 6.38. The maximum Gasteiger partial charge on any atom is 0.264 e. The Kier molecular flexibility index (Phi) is 7.38. The molecule has 7 nitrogen and oxygen atoms in total. The third-order valence-corrected chi connectivity index (χ3v) is 11.6. The first-order valence-corrected chi connectivity index (χ1v) is 16.4. The maximum atomic E-state index is 13.2. The van der Waals surface area contributed by atoms with Crippen molar-refractivity contribution in [3.63, 3.8) is 0 Å². The van der Waals surface area contributed by atoms with E-state index in [0.29, 0.717) is 42.6 Å². The Morgan fingerprint density at radius 3 is 2.80 bits per heavy atom. The summed E-state index contributed by atoms with van der Waals surface area (Å²) in [6, 6.07) is 11.4. The molecule has 2 aliphatic carbocycles. The van der Waals surface area contributed by atoms with Crippen LogP contribution in [-0.4, -0.2) is 45.3 Å². The van der Waals surface area contributed by atoms with Gasteiger partial charge < -0.3 is 15.4 Å². The number of hydrogen-bond acceptors (Lipinski definition) is 6. The highest BCUT2D eigenvalue weighted by Gasteiger charge is 2.44. The minimum Gasteiger partial charge on any atom is -0.490 e. The van der Waals surface area contributed by atoms with Crippen molar-refractivity contribution >= 4 is 33.2 Å². The summed E-state index contributed by atoms with van der Waals surface area (Å²) in [6.45, 7) is 3.70. The van der Waals surface area contributed by atoms with Crippen LogP contribution in [0, 0.1) is 11.8 Å². The maximum absolute atomic E-state index is 13.2. The van der Waals surface area contributed by atoms with Gasteiger partial charge in [0.1, 0.15) is 5.75 Å². The van der Waals surface area contributed by atoms with Gasteiger partial charge in [-0.3, -0.25) is 4.79 Å². The number of sulfonamides is 1. The van der Waals surface area contributed by atoms with Gasteiger partial charge in [0, 0.05) is 35.1 Å². The fraction of sp³-hybridized carbons (Fsp3) is 0.516. The molecule has 4 aliphatic rings. The summed E-state index contributed by atoms with van der Waals surface area (Å²) in [5.74, 6) is 0.878. The smallest absolute Gasteiger partial charge is 0.264 e. The topological polar surface area (TPSA) is 102 Å². The largest absolute Gasteiger partial charge is 0.490 e. The summed E-state index contributed by atoms with van der Waals surface area (Å²) in [5.41, 5.74) is 10.1. The molecule has 2 heterocycles. The van der Waals surface area contributed by atoms with Crippen LogP contribution in [0.1, 0.15) is 66.9 Å². The van der Waals surface area contributed by atoms with Crippen LogP contribution in [0.5, 0.6) is 5.75 Å². The predicted octanol–water partition coefficient (Wildman–Crippen LogP) is 4.96. The van der Waals surface area contributed by atoms with E-state index in [9.17, 15) is 13.2 Å². The number of hydrogen-bond donors (Lipinski definition) is 2. The number of ether oxygens (including phenoxy) is 1. The van der Waals surface area contributed by atoms with Crippen LogP contribution in [0.15, 0.2) is 48.6 Å². The molecule has 5 atom stereocenters. The minimum atomic E-state index is -3.83. The molecule has 2 aromatic rings. The molecule has 0 saturated heterocycles. The number of allylic oxidation sites excluding steroid dienone is 1. The molecule has 0 aromatic heterocycles. The fourth-order valence-electron chi connectivity index (χ4n) is 7.04. The zero-order valence-corrected chi connectivity index (χ0v) is 24.5. The number of fused-ring (bicyclic) bond motifs is 4. The van der Waals surface area contributed by atoms with E-state index in [1.807, 2.05) is 24.3 Å². The number of nitrogens with one attached hydrogen (secondary N) is 1. The minimum absolute atomic E-state index is 0.0705. The number of anilines is 1. The van der Waals surface area contributed by atoms with E-state index in [-0.39, 0.29) is 11.5 Å². The highest BCUT2D eigenvalue weighted by atomic mass is 35.5. The first-order chi connectivity index (χ1) is 19.1. The molecule has 40 heavy (non-hydrogen) atoms. The molecule has 3 N–H and O–H groups in total. The molecule has 1 fully saturated rings. The van der Waals surface area contributed by atoms with Crippen molar-refractivity contribution in [3.8, 4) is 5.75 Å². The Balaban J connectivity index is 1.42. The lowest BCUT2D eigenvalue weighted by molar-refractivity contribution is 0.0981. The monoisotopic (exact) mass is 583 g/mol. The summed E-state index contributed by atoms with van der Waals surface area (Å²) in [4.78, 5) is 15.6. The first kappa shape index (κ1) is 27.6. The van der Waals surface area contributed by atoms with E-state index in [0.717, 1.165) is 55.9 Å². The van der Waals surface area contributed by atoms with Gasteiger partial charge in [-0.15, -0.1) is 0 Å². The lowest BCUT2D eigenvalue weighted by Gasteiger charge is -2.45. The van der Waals surface area contributed by atoms with Gasteiger partial charge in [0.2, 0.25) is 10.0 Å². The second-order valence-corrected chi connectivity index (χ2v) is 14.7. The lowest BCUT2D eigenvalue weighted by Crippen LogP contribution is -2.50. The van der Waals surface area contributed by atoms with Crippen LogP contribution < -0.4 is 20.1 Å². The normalized spacial score (nSPS) is 32.5. The Bertz CT molecular complexity index is 1440. The van der Waals surface area contributed by atoms with Crippen LogP contribution in [-0.2, 0) is 21.9 Å². The molecule has 214 valence electrons. The van der Waals surface area contributed by atoms with E-state index < -0.39 is 21.2 Å². The third-order valence-electron chi connectivity index (χ3n) is 9.59. The molecule has 9 heteroatoms. The van der Waals surface area contributed by atoms with Crippen LogP contribution in [0.4, 0.5) is 5.69 Å². The number of carbonyl (C=O) groups excluding carboxylic acids is 1. The number of benzene rings is 2. The Morgan fingerprint density at radius 1 is 1.15 bits per heavy atom. The van der Waals surface area contributed by atoms with Crippen molar-refractivity contribution in [2.45, 2.75) is 68.6 Å². The van der Waals surface area contributed by atoms with Crippen molar-refractivity contribution in [3.05, 3.63) is 70.3 Å². The SMILES string of the molecule is C[C@@H]1CC/C=C\[C@H](N)[C@@H]2CC[C@H]2CN2C[C@@]3(CCCc4cc(Cl)ccc43)COc3ccc(cc32)C(=O)NS1(=O)=O. The van der Waals surface area contributed by atoms with Crippen LogP contribution >= 0.6 is 11.6 Å². The first-order valence-electron chi connectivity index (χ1n) is 14.4. The molecule has 0 unspecified atom stereocenters. The van der Waals surface area contributed by atoms with Gasteiger partial charge in [0.05, 0.1) is 17.5 Å². The van der Waals surface area contributed by atoms with Crippen LogP contribution in [0.2, 0.25) is 5.02 Å². The average molecular weight is 584 g/mol. The fourth-order valence-corrected chi connectivity index (χ4v) is 8.26. The molecule has 2 aliphatic heterocycles. The van der Waals surface area contributed by atoms with Crippen LogP contribution in [0.25, 0.3) is 0 Å². The van der Waals surface area contributed by atoms with Gasteiger partial charge in [0.15, 0.2) is 0 Å². The summed E-state index contributed by atoms with van der Waals surface area (Å²) < 4.78 is 34.7. The zero-order chi connectivity index (χ0) is 28.1. The molecule has 2 aromatic carbocycles. The van der Waals surface area contributed by atoms with E-state index >= 15 is 0 Å². The van der Waals surface area contributed by atoms with Crippen molar-refractivity contribution in [1.29, 1.82) is 0 Å². The van der Waals surface area contributed by atoms with Gasteiger partial charge in [0.25, 0.3) is 5.91 Å². The van der Waals surface area contributed by atoms with Crippen molar-refractivity contribution in [2.24, 2.45) is 17.6 Å². The summed E-state index contributed by atoms with van der Waals surface area (Å²) in [7, 11) is -3.83. The van der Waals surface area contributed by atoms with Gasteiger partial charge in [-0.25, -0.2) is 13.1 Å². The van der Waals surface area contributed by atoms with E-state index in [1.54, 1.807) is 19.1 Å². The molecule has 1 amide bonds. The molecule has 6 rings (SSSR count). The number of aryl methyl sites for hydroxylation is 1. The predicted molar refractivity (Wildman–Crippen MR) is 159 cm³/mol. The molecule has 1 spiro atoms. The van der Waals surface area contributed by atoms with Crippen molar-refractivity contribution in [2.75, 3.05) is 24.6 Å². The highest BCUT2D eigenvalue weighted by molar-refractivity contribution is 7.90. The quantitative estimate of drug-likeness (QED) is 0.425. The van der Waals surface area contributed by atoms with E-state index in [2.05, 4.69) is 21.8 Å². The van der Waals surface area contributed by atoms with E-state index in [1.165, 1.54) is 11.1 Å². The average Bonchev–Trinajstić information content (AvgIpc) is 3.05. The highest BCUT2D eigenvalue weighted by Crippen LogP contribution is 2.46. The number of amides is 1. The Morgan fingerprint density at radius 2 is 2.00 bits per heavy atom. The van der Waals surface area contributed by atoms with Crippen molar-refractivity contribution in [1.82, 2.24) is 4.72 Å². The Labute approximate surface area is 242 Å². The molecule has 0 radical (unpaired) electrons. The Hall–Kier alpha value is -2.55. The van der Waals surface area contributed by atoms with Gasteiger partial charge >= 0.3 is 0 Å². The number of rotatable bonds is 0. The molecular formula is C31H38ClN3O4S. The second-order valence-electron chi connectivity index (χ2n) is 12.2. The van der Waals surface area contributed by atoms with Crippen LogP contribution in [0.3, 0.4) is 0 Å². The summed E-state index contributed by atoms with van der Waals surface area (Å²) in [6.07, 6.45) is 10.3. The second kappa shape index (κ2) is 10.7. The van der Waals surface area contributed by atoms with Crippen molar-refractivity contribution < 1.29 is 17.9 Å².